The summed E-state index contributed by atoms with van der Waals surface area (Å²) < 4.78 is 4.90. The van der Waals surface area contributed by atoms with E-state index in [0.29, 0.717) is 11.3 Å². The molecule has 4 N–H and O–H groups in total. The lowest BCUT2D eigenvalue weighted by atomic mass is 10.0. The highest BCUT2D eigenvalue weighted by Crippen LogP contribution is 2.16. The van der Waals surface area contributed by atoms with E-state index >= 15 is 0 Å². The van der Waals surface area contributed by atoms with E-state index in [4.69, 9.17) is 15.4 Å². The Morgan fingerprint density at radius 3 is 2.67 bits per heavy atom. The zero-order chi connectivity index (χ0) is 11.6. The third-order valence-electron chi connectivity index (χ3n) is 2.11. The van der Waals surface area contributed by atoms with Crippen molar-refractivity contribution in [1.29, 1.82) is 0 Å². The van der Waals surface area contributed by atoms with Crippen molar-refractivity contribution in [3.8, 4) is 0 Å². The van der Waals surface area contributed by atoms with E-state index in [1.54, 1.807) is 0 Å². The maximum atomic E-state index is 11.3. The van der Waals surface area contributed by atoms with Crippen molar-refractivity contribution in [2.45, 2.75) is 32.2 Å². The zero-order valence-electron chi connectivity index (χ0n) is 8.61. The molecule has 0 aliphatic heterocycles. The Morgan fingerprint density at radius 1 is 1.60 bits per heavy atom. The topological polar surface area (TPSA) is 109 Å². The van der Waals surface area contributed by atoms with Crippen LogP contribution in [0.15, 0.2) is 9.32 Å². The normalized spacial score (nSPS) is 13.1. The first kappa shape index (κ1) is 11.5. The van der Waals surface area contributed by atoms with Crippen LogP contribution in [0.5, 0.6) is 0 Å². The minimum Gasteiger partial charge on any atom is -0.480 e. The standard InChI is InChI=1S/C9H14N2O4/c1-4(2)7-6(15-11-8(7)12)3-5(10)9(13)14/h4-5H,3,10H2,1-2H3,(H,11,12)(H,13,14). The van der Waals surface area contributed by atoms with Crippen molar-refractivity contribution in [2.75, 3.05) is 0 Å². The molecular formula is C9H14N2O4. The maximum Gasteiger partial charge on any atom is 0.320 e. The molecule has 0 spiro atoms. The summed E-state index contributed by atoms with van der Waals surface area (Å²) in [7, 11) is 0. The van der Waals surface area contributed by atoms with E-state index in [2.05, 4.69) is 5.16 Å². The van der Waals surface area contributed by atoms with Gasteiger partial charge in [-0.05, 0) is 5.92 Å². The number of carbonyl (C=O) groups is 1. The number of carboxylic acid groups (broad SMARTS) is 1. The van der Waals surface area contributed by atoms with E-state index < -0.39 is 12.0 Å². The van der Waals surface area contributed by atoms with Gasteiger partial charge in [0.05, 0.1) is 5.56 Å². The van der Waals surface area contributed by atoms with Crippen LogP contribution in [0.3, 0.4) is 0 Å². The van der Waals surface area contributed by atoms with Crippen LogP contribution in [0.4, 0.5) is 0 Å². The summed E-state index contributed by atoms with van der Waals surface area (Å²) in [6.45, 7) is 3.66. The molecule has 0 aromatic carbocycles. The highest BCUT2D eigenvalue weighted by Gasteiger charge is 2.21. The Bertz CT molecular complexity index is 404. The van der Waals surface area contributed by atoms with Crippen LogP contribution in [-0.2, 0) is 11.2 Å². The fourth-order valence-corrected chi connectivity index (χ4v) is 1.37. The fraction of sp³-hybridized carbons (Fsp3) is 0.556. The van der Waals surface area contributed by atoms with E-state index in [0.717, 1.165) is 0 Å². The molecule has 6 nitrogen and oxygen atoms in total. The molecule has 0 bridgehead atoms. The van der Waals surface area contributed by atoms with Gasteiger partial charge < -0.3 is 15.4 Å². The summed E-state index contributed by atoms with van der Waals surface area (Å²) in [6.07, 6.45) is 0.0155. The molecule has 15 heavy (non-hydrogen) atoms. The molecule has 1 atom stereocenters. The summed E-state index contributed by atoms with van der Waals surface area (Å²) in [5, 5.41) is 10.8. The van der Waals surface area contributed by atoms with Crippen molar-refractivity contribution in [1.82, 2.24) is 5.16 Å². The number of hydrogen-bond acceptors (Lipinski definition) is 4. The monoisotopic (exact) mass is 214 g/mol. The molecule has 0 radical (unpaired) electrons. The van der Waals surface area contributed by atoms with Gasteiger partial charge in [0.1, 0.15) is 11.8 Å². The SMILES string of the molecule is CC(C)c1c(CC(N)C(=O)O)o[nH]c1=O. The highest BCUT2D eigenvalue weighted by molar-refractivity contribution is 5.73. The Hall–Kier alpha value is -1.56. The maximum absolute atomic E-state index is 11.3. The van der Waals surface area contributed by atoms with Crippen molar-refractivity contribution >= 4 is 5.97 Å². The molecule has 0 saturated carbocycles. The van der Waals surface area contributed by atoms with Gasteiger partial charge in [-0.15, -0.1) is 0 Å². The number of nitrogens with one attached hydrogen (secondary N) is 1. The van der Waals surface area contributed by atoms with Crippen molar-refractivity contribution in [3.05, 3.63) is 21.7 Å². The molecular weight excluding hydrogens is 200 g/mol. The summed E-state index contributed by atoms with van der Waals surface area (Å²) >= 11 is 0. The third-order valence-corrected chi connectivity index (χ3v) is 2.11. The van der Waals surface area contributed by atoms with Gasteiger partial charge in [0.2, 0.25) is 0 Å². The van der Waals surface area contributed by atoms with Gasteiger partial charge in [-0.2, -0.15) is 5.16 Å². The summed E-state index contributed by atoms with van der Waals surface area (Å²) in [5.74, 6) is -0.818. The first-order chi connectivity index (χ1) is 6.93. The first-order valence-corrected chi connectivity index (χ1v) is 4.62. The second-order valence-electron chi connectivity index (χ2n) is 3.67. The molecule has 0 saturated heterocycles. The Kier molecular flexibility index (Phi) is 3.31. The minimum atomic E-state index is -1.12. The predicted molar refractivity (Wildman–Crippen MR) is 52.7 cm³/mol. The molecule has 1 unspecified atom stereocenters. The van der Waals surface area contributed by atoms with Gasteiger partial charge in [0.15, 0.2) is 0 Å². The number of H-pyrrole nitrogens is 1. The molecule has 84 valence electrons. The summed E-state index contributed by atoms with van der Waals surface area (Å²) in [4.78, 5) is 21.8. The van der Waals surface area contributed by atoms with E-state index in [1.165, 1.54) is 0 Å². The number of rotatable bonds is 4. The number of aliphatic carboxylic acids is 1. The number of aromatic amines is 1. The first-order valence-electron chi connectivity index (χ1n) is 4.62. The summed E-state index contributed by atoms with van der Waals surface area (Å²) in [5.41, 5.74) is 5.49. The van der Waals surface area contributed by atoms with Crippen LogP contribution < -0.4 is 11.3 Å². The lowest BCUT2D eigenvalue weighted by molar-refractivity contribution is -0.138. The zero-order valence-corrected chi connectivity index (χ0v) is 8.61. The van der Waals surface area contributed by atoms with Crippen LogP contribution in [0.1, 0.15) is 31.1 Å². The number of carboxylic acids is 1. The molecule has 1 rings (SSSR count). The molecule has 0 aliphatic carbocycles. The van der Waals surface area contributed by atoms with Crippen LogP contribution >= 0.6 is 0 Å². The van der Waals surface area contributed by atoms with E-state index in [1.807, 2.05) is 13.8 Å². The lowest BCUT2D eigenvalue weighted by Gasteiger charge is -2.06. The van der Waals surface area contributed by atoms with Crippen molar-refractivity contribution < 1.29 is 14.4 Å². The Labute approximate surface area is 86.0 Å². The molecule has 6 heteroatoms. The Morgan fingerprint density at radius 2 is 2.20 bits per heavy atom. The average Bonchev–Trinajstić information content (AvgIpc) is 2.46. The number of aromatic nitrogens is 1. The van der Waals surface area contributed by atoms with Gasteiger partial charge in [0.25, 0.3) is 5.56 Å². The number of hydrogen-bond donors (Lipinski definition) is 3. The van der Waals surface area contributed by atoms with Crippen molar-refractivity contribution in [2.24, 2.45) is 5.73 Å². The van der Waals surface area contributed by atoms with E-state index in [-0.39, 0.29) is 17.9 Å². The second-order valence-corrected chi connectivity index (χ2v) is 3.67. The lowest BCUT2D eigenvalue weighted by Crippen LogP contribution is -2.32. The van der Waals surface area contributed by atoms with Gasteiger partial charge in [-0.3, -0.25) is 9.59 Å². The molecule has 1 aromatic rings. The van der Waals surface area contributed by atoms with Gasteiger partial charge in [-0.25, -0.2) is 0 Å². The average molecular weight is 214 g/mol. The van der Waals surface area contributed by atoms with Crippen LogP contribution in [0, 0.1) is 0 Å². The predicted octanol–water partition coefficient (Wildman–Crippen LogP) is 0.0457. The van der Waals surface area contributed by atoms with Gasteiger partial charge in [-0.1, -0.05) is 13.8 Å². The van der Waals surface area contributed by atoms with Crippen LogP contribution in [0.25, 0.3) is 0 Å². The van der Waals surface area contributed by atoms with Crippen molar-refractivity contribution in [3.63, 3.8) is 0 Å². The largest absolute Gasteiger partial charge is 0.480 e. The van der Waals surface area contributed by atoms with Gasteiger partial charge >= 0.3 is 5.97 Å². The molecule has 0 amide bonds. The highest BCUT2D eigenvalue weighted by atomic mass is 16.5. The molecule has 1 aromatic heterocycles. The van der Waals surface area contributed by atoms with E-state index in [9.17, 15) is 9.59 Å². The third kappa shape index (κ3) is 2.47. The molecule has 0 fully saturated rings. The second kappa shape index (κ2) is 4.31. The molecule has 1 heterocycles. The Balaban J connectivity index is 2.96. The summed E-state index contributed by atoms with van der Waals surface area (Å²) in [6, 6.07) is -1.05. The fourth-order valence-electron chi connectivity index (χ4n) is 1.37. The van der Waals surface area contributed by atoms with Gasteiger partial charge in [0, 0.05) is 6.42 Å². The molecule has 0 aliphatic rings. The minimum absolute atomic E-state index is 0.0155. The van der Waals surface area contributed by atoms with Crippen LogP contribution in [0.2, 0.25) is 0 Å². The van der Waals surface area contributed by atoms with Crippen LogP contribution in [-0.4, -0.2) is 22.3 Å². The number of nitrogens with two attached hydrogens (primary N) is 1. The smallest absolute Gasteiger partial charge is 0.320 e. The quantitative estimate of drug-likeness (QED) is 0.655.